The lowest BCUT2D eigenvalue weighted by Gasteiger charge is -2.20. The SMILES string of the molecule is COc1ccc([C@@H]2C[C@H](C)N(CCCC(=O)O)C2)cc1. The van der Waals surface area contributed by atoms with E-state index in [0.29, 0.717) is 12.0 Å². The zero-order valence-corrected chi connectivity index (χ0v) is 12.2. The quantitative estimate of drug-likeness (QED) is 0.868. The van der Waals surface area contributed by atoms with E-state index in [1.54, 1.807) is 7.11 Å². The Morgan fingerprint density at radius 2 is 2.10 bits per heavy atom. The highest BCUT2D eigenvalue weighted by molar-refractivity contribution is 5.66. The summed E-state index contributed by atoms with van der Waals surface area (Å²) in [4.78, 5) is 13.0. The van der Waals surface area contributed by atoms with Crippen LogP contribution >= 0.6 is 0 Å². The Morgan fingerprint density at radius 1 is 1.40 bits per heavy atom. The number of likely N-dealkylation sites (tertiary alicyclic amines) is 1. The molecule has 1 saturated heterocycles. The molecular weight excluding hydrogens is 254 g/mol. The molecule has 1 aliphatic rings. The zero-order valence-electron chi connectivity index (χ0n) is 12.2. The van der Waals surface area contributed by atoms with E-state index in [1.165, 1.54) is 5.56 Å². The maximum atomic E-state index is 10.6. The van der Waals surface area contributed by atoms with Crippen molar-refractivity contribution in [1.82, 2.24) is 4.90 Å². The molecule has 20 heavy (non-hydrogen) atoms. The van der Waals surface area contributed by atoms with Gasteiger partial charge < -0.3 is 14.7 Å². The molecule has 2 atom stereocenters. The highest BCUT2D eigenvalue weighted by atomic mass is 16.5. The molecule has 0 aromatic heterocycles. The van der Waals surface area contributed by atoms with Gasteiger partial charge in [0.25, 0.3) is 0 Å². The van der Waals surface area contributed by atoms with Gasteiger partial charge in [-0.05, 0) is 49.9 Å². The van der Waals surface area contributed by atoms with Crippen molar-refractivity contribution >= 4 is 5.97 Å². The number of carbonyl (C=O) groups is 1. The predicted molar refractivity (Wildman–Crippen MR) is 78.3 cm³/mol. The van der Waals surface area contributed by atoms with Crippen molar-refractivity contribution in [2.75, 3.05) is 20.2 Å². The highest BCUT2D eigenvalue weighted by Crippen LogP contribution is 2.32. The average molecular weight is 277 g/mol. The molecule has 110 valence electrons. The number of nitrogens with zero attached hydrogens (tertiary/aromatic N) is 1. The summed E-state index contributed by atoms with van der Waals surface area (Å²) in [5.74, 6) is 0.724. The summed E-state index contributed by atoms with van der Waals surface area (Å²) in [5.41, 5.74) is 1.35. The van der Waals surface area contributed by atoms with E-state index in [4.69, 9.17) is 9.84 Å². The average Bonchev–Trinajstić information content (AvgIpc) is 2.80. The van der Waals surface area contributed by atoms with Crippen molar-refractivity contribution in [3.63, 3.8) is 0 Å². The van der Waals surface area contributed by atoms with Gasteiger partial charge in [-0.3, -0.25) is 4.79 Å². The molecule has 0 radical (unpaired) electrons. The molecular formula is C16H23NO3. The van der Waals surface area contributed by atoms with Crippen LogP contribution in [-0.4, -0.2) is 42.2 Å². The number of hydrogen-bond acceptors (Lipinski definition) is 3. The summed E-state index contributed by atoms with van der Waals surface area (Å²) >= 11 is 0. The smallest absolute Gasteiger partial charge is 0.303 e. The van der Waals surface area contributed by atoms with Gasteiger partial charge in [0, 0.05) is 19.0 Å². The number of carboxylic acids is 1. The van der Waals surface area contributed by atoms with Crippen LogP contribution in [0.15, 0.2) is 24.3 Å². The van der Waals surface area contributed by atoms with Crippen LogP contribution in [0.4, 0.5) is 0 Å². The van der Waals surface area contributed by atoms with Crippen LogP contribution < -0.4 is 4.74 Å². The normalized spacial score (nSPS) is 22.9. The molecule has 0 amide bonds. The van der Waals surface area contributed by atoms with Gasteiger partial charge in [0.1, 0.15) is 5.75 Å². The summed E-state index contributed by atoms with van der Waals surface area (Å²) in [6, 6.07) is 8.81. The third-order valence-electron chi connectivity index (χ3n) is 4.13. The Labute approximate surface area is 120 Å². The van der Waals surface area contributed by atoms with E-state index >= 15 is 0 Å². The number of ether oxygens (including phenoxy) is 1. The second-order valence-electron chi connectivity index (χ2n) is 5.55. The van der Waals surface area contributed by atoms with Gasteiger partial charge >= 0.3 is 5.97 Å². The molecule has 1 fully saturated rings. The van der Waals surface area contributed by atoms with Crippen LogP contribution in [0.5, 0.6) is 5.75 Å². The lowest BCUT2D eigenvalue weighted by Crippen LogP contribution is -2.28. The molecule has 0 bridgehead atoms. The van der Waals surface area contributed by atoms with E-state index in [9.17, 15) is 4.79 Å². The van der Waals surface area contributed by atoms with Gasteiger partial charge in [-0.2, -0.15) is 0 Å². The molecule has 1 aromatic rings. The molecule has 0 aliphatic carbocycles. The first-order valence-electron chi connectivity index (χ1n) is 7.20. The summed E-state index contributed by atoms with van der Waals surface area (Å²) in [6.45, 7) is 4.12. The molecule has 4 heteroatoms. The molecule has 1 aliphatic heterocycles. The first kappa shape index (κ1) is 14.9. The predicted octanol–water partition coefficient (Wildman–Crippen LogP) is 2.74. The van der Waals surface area contributed by atoms with Crippen LogP contribution in [0.25, 0.3) is 0 Å². The summed E-state index contributed by atoms with van der Waals surface area (Å²) in [6.07, 6.45) is 2.13. The van der Waals surface area contributed by atoms with Gasteiger partial charge in [0.05, 0.1) is 7.11 Å². The first-order chi connectivity index (χ1) is 9.60. The fourth-order valence-corrected chi connectivity index (χ4v) is 2.96. The van der Waals surface area contributed by atoms with Gasteiger partial charge in [-0.1, -0.05) is 12.1 Å². The minimum Gasteiger partial charge on any atom is -0.497 e. The molecule has 0 unspecified atom stereocenters. The Bertz CT molecular complexity index is 444. The van der Waals surface area contributed by atoms with Crippen molar-refractivity contribution in [2.45, 2.75) is 38.1 Å². The Kier molecular flexibility index (Phi) is 5.01. The largest absolute Gasteiger partial charge is 0.497 e. The van der Waals surface area contributed by atoms with Crippen LogP contribution in [-0.2, 0) is 4.79 Å². The minimum atomic E-state index is -0.705. The van der Waals surface area contributed by atoms with Crippen molar-refractivity contribution in [1.29, 1.82) is 0 Å². The van der Waals surface area contributed by atoms with Crippen LogP contribution in [0, 0.1) is 0 Å². The number of hydrogen-bond donors (Lipinski definition) is 1. The Balaban J connectivity index is 1.90. The fourth-order valence-electron chi connectivity index (χ4n) is 2.96. The van der Waals surface area contributed by atoms with Gasteiger partial charge in [0.2, 0.25) is 0 Å². The van der Waals surface area contributed by atoms with Crippen molar-refractivity contribution in [2.24, 2.45) is 0 Å². The standard InChI is InChI=1S/C16H23NO3/c1-12-10-14(11-17(12)9-3-4-16(18)19)13-5-7-15(20-2)8-6-13/h5-8,12,14H,3-4,9-11H2,1-2H3,(H,18,19)/t12-,14+/m0/s1. The van der Waals surface area contributed by atoms with E-state index in [0.717, 1.165) is 31.7 Å². The van der Waals surface area contributed by atoms with E-state index in [1.807, 2.05) is 12.1 Å². The van der Waals surface area contributed by atoms with E-state index < -0.39 is 5.97 Å². The molecule has 1 N–H and O–H groups in total. The lowest BCUT2D eigenvalue weighted by atomic mass is 9.97. The second-order valence-corrected chi connectivity index (χ2v) is 5.55. The molecule has 4 nitrogen and oxygen atoms in total. The van der Waals surface area contributed by atoms with Gasteiger partial charge in [-0.25, -0.2) is 0 Å². The Hall–Kier alpha value is -1.55. The van der Waals surface area contributed by atoms with Crippen molar-refractivity contribution in [3.05, 3.63) is 29.8 Å². The summed E-state index contributed by atoms with van der Waals surface area (Å²) in [7, 11) is 1.68. The molecule has 1 aromatic carbocycles. The first-order valence-corrected chi connectivity index (χ1v) is 7.20. The monoisotopic (exact) mass is 277 g/mol. The maximum Gasteiger partial charge on any atom is 0.303 e. The number of aliphatic carboxylic acids is 1. The summed E-state index contributed by atoms with van der Waals surface area (Å²) < 4.78 is 5.18. The second kappa shape index (κ2) is 6.75. The Morgan fingerprint density at radius 3 is 2.70 bits per heavy atom. The summed E-state index contributed by atoms with van der Waals surface area (Å²) in [5, 5.41) is 8.70. The van der Waals surface area contributed by atoms with Crippen molar-refractivity contribution in [3.8, 4) is 5.75 Å². The molecule has 0 saturated carbocycles. The van der Waals surface area contributed by atoms with Crippen LogP contribution in [0.2, 0.25) is 0 Å². The number of benzene rings is 1. The molecule has 2 rings (SSSR count). The lowest BCUT2D eigenvalue weighted by molar-refractivity contribution is -0.137. The van der Waals surface area contributed by atoms with Gasteiger partial charge in [0.15, 0.2) is 0 Å². The topological polar surface area (TPSA) is 49.8 Å². The van der Waals surface area contributed by atoms with Gasteiger partial charge in [-0.15, -0.1) is 0 Å². The zero-order chi connectivity index (χ0) is 14.5. The third kappa shape index (κ3) is 3.73. The minimum absolute atomic E-state index is 0.260. The molecule has 1 heterocycles. The maximum absolute atomic E-state index is 10.6. The highest BCUT2D eigenvalue weighted by Gasteiger charge is 2.29. The van der Waals surface area contributed by atoms with Crippen LogP contribution in [0.1, 0.15) is 37.7 Å². The number of methoxy groups -OCH3 is 1. The number of rotatable bonds is 6. The van der Waals surface area contributed by atoms with Crippen molar-refractivity contribution < 1.29 is 14.6 Å². The van der Waals surface area contributed by atoms with Crippen LogP contribution in [0.3, 0.4) is 0 Å². The van der Waals surface area contributed by atoms with E-state index in [-0.39, 0.29) is 6.42 Å². The third-order valence-corrected chi connectivity index (χ3v) is 4.13. The molecule has 0 spiro atoms. The van der Waals surface area contributed by atoms with E-state index in [2.05, 4.69) is 24.0 Å². The number of carboxylic acid groups (broad SMARTS) is 1. The fraction of sp³-hybridized carbons (Fsp3) is 0.562.